The molecule has 2 atom stereocenters. The zero-order valence-corrected chi connectivity index (χ0v) is 19.7. The third kappa shape index (κ3) is 4.55. The number of hydrogen-bond donors (Lipinski definition) is 3. The van der Waals surface area contributed by atoms with E-state index in [1.54, 1.807) is 13.1 Å². The molecule has 4 rings (SSSR count). The number of fused-ring (bicyclic) bond motifs is 1. The number of rotatable bonds is 6. The van der Waals surface area contributed by atoms with Gasteiger partial charge in [0.15, 0.2) is 0 Å². The van der Waals surface area contributed by atoms with Gasteiger partial charge in [0, 0.05) is 41.2 Å². The first-order chi connectivity index (χ1) is 15.5. The van der Waals surface area contributed by atoms with Gasteiger partial charge < -0.3 is 16.0 Å². The summed E-state index contributed by atoms with van der Waals surface area (Å²) in [7, 11) is 1.62. The highest BCUT2D eigenvalue weighted by Gasteiger charge is 2.29. The quantitative estimate of drug-likeness (QED) is 0.444. The topological polar surface area (TPSA) is 70.2 Å². The summed E-state index contributed by atoms with van der Waals surface area (Å²) in [5.74, 6) is 0.158. The number of anilines is 1. The van der Waals surface area contributed by atoms with Crippen LogP contribution in [0.15, 0.2) is 71.2 Å². The van der Waals surface area contributed by atoms with Gasteiger partial charge in [-0.25, -0.2) is 0 Å². The largest absolute Gasteiger partial charge is 0.381 e. The predicted molar refractivity (Wildman–Crippen MR) is 132 cm³/mol. The Bertz CT molecular complexity index is 1140. The van der Waals surface area contributed by atoms with E-state index in [0.29, 0.717) is 29.6 Å². The Morgan fingerprint density at radius 2 is 1.69 bits per heavy atom. The van der Waals surface area contributed by atoms with Gasteiger partial charge in [-0.2, -0.15) is 0 Å². The molecule has 0 bridgehead atoms. The van der Waals surface area contributed by atoms with Gasteiger partial charge in [0.25, 0.3) is 11.8 Å². The Hall–Kier alpha value is -3.12. The highest BCUT2D eigenvalue weighted by atomic mass is 79.9. The van der Waals surface area contributed by atoms with E-state index in [4.69, 9.17) is 0 Å². The molecule has 32 heavy (non-hydrogen) atoms. The summed E-state index contributed by atoms with van der Waals surface area (Å²) < 4.78 is 1.08. The Kier molecular flexibility index (Phi) is 6.61. The first kappa shape index (κ1) is 22.1. The summed E-state index contributed by atoms with van der Waals surface area (Å²) in [6, 6.07) is 21.5. The Morgan fingerprint density at radius 1 is 0.938 bits per heavy atom. The van der Waals surface area contributed by atoms with E-state index in [2.05, 4.69) is 50.9 Å². The van der Waals surface area contributed by atoms with Crippen molar-refractivity contribution in [3.63, 3.8) is 0 Å². The highest BCUT2D eigenvalue weighted by Crippen LogP contribution is 2.41. The molecule has 6 heteroatoms. The van der Waals surface area contributed by atoms with Gasteiger partial charge in [-0.1, -0.05) is 36.4 Å². The number of halogens is 1. The second-order valence-corrected chi connectivity index (χ2v) is 8.88. The van der Waals surface area contributed by atoms with Crippen molar-refractivity contribution in [2.45, 2.75) is 25.3 Å². The molecule has 3 aromatic carbocycles. The molecule has 164 valence electrons. The molecular weight excluding hydrogens is 466 g/mol. The fraction of sp³-hybridized carbons (Fsp3) is 0.231. The lowest BCUT2D eigenvalue weighted by molar-refractivity contribution is 0.0948. The molecule has 5 nitrogen and oxygen atoms in total. The molecule has 0 aromatic heterocycles. The molecule has 2 unspecified atom stereocenters. The van der Waals surface area contributed by atoms with Crippen molar-refractivity contribution in [3.8, 4) is 11.1 Å². The molecule has 1 aliphatic heterocycles. The number of carbonyl (C=O) groups excluding carboxylic acids is 2. The van der Waals surface area contributed by atoms with Crippen LogP contribution in [0.2, 0.25) is 0 Å². The molecule has 0 spiro atoms. The van der Waals surface area contributed by atoms with E-state index < -0.39 is 0 Å². The lowest BCUT2D eigenvalue weighted by atomic mass is 9.93. The molecule has 0 saturated carbocycles. The molecule has 0 saturated heterocycles. The fourth-order valence-electron chi connectivity index (χ4n) is 4.25. The second-order valence-electron chi connectivity index (χ2n) is 8.03. The Labute approximate surface area is 196 Å². The minimum atomic E-state index is -0.121. The minimum absolute atomic E-state index is 0.0799. The maximum Gasteiger partial charge on any atom is 0.251 e. The van der Waals surface area contributed by atoms with Gasteiger partial charge in [0.2, 0.25) is 0 Å². The van der Waals surface area contributed by atoms with E-state index in [1.165, 1.54) is 5.56 Å². The number of carbonyl (C=O) groups is 2. The first-order valence-electron chi connectivity index (χ1n) is 10.7. The Balaban J connectivity index is 1.37. The van der Waals surface area contributed by atoms with Crippen molar-refractivity contribution < 1.29 is 9.59 Å². The zero-order valence-electron chi connectivity index (χ0n) is 18.1. The number of amides is 2. The van der Waals surface area contributed by atoms with Crippen LogP contribution in [0.5, 0.6) is 0 Å². The van der Waals surface area contributed by atoms with Crippen molar-refractivity contribution in [1.29, 1.82) is 0 Å². The molecule has 1 aliphatic rings. The lowest BCUT2D eigenvalue weighted by Crippen LogP contribution is -2.27. The average molecular weight is 492 g/mol. The fourth-order valence-corrected chi connectivity index (χ4v) is 4.74. The molecule has 2 amide bonds. The zero-order chi connectivity index (χ0) is 22.7. The number of nitrogens with one attached hydrogen (secondary N) is 3. The lowest BCUT2D eigenvalue weighted by Gasteiger charge is -2.16. The predicted octanol–water partition coefficient (Wildman–Crippen LogP) is 5.19. The van der Waals surface area contributed by atoms with Gasteiger partial charge in [-0.3, -0.25) is 9.59 Å². The van der Waals surface area contributed by atoms with Gasteiger partial charge in [-0.15, -0.1) is 0 Å². The summed E-state index contributed by atoms with van der Waals surface area (Å²) in [5.41, 5.74) is 5.58. The van der Waals surface area contributed by atoms with Crippen molar-refractivity contribution in [2.24, 2.45) is 0 Å². The Morgan fingerprint density at radius 3 is 2.44 bits per heavy atom. The van der Waals surface area contributed by atoms with Crippen LogP contribution < -0.4 is 16.0 Å². The summed E-state index contributed by atoms with van der Waals surface area (Å²) in [4.78, 5) is 24.5. The average Bonchev–Trinajstić information content (AvgIpc) is 3.15. The van der Waals surface area contributed by atoms with E-state index >= 15 is 0 Å². The van der Waals surface area contributed by atoms with E-state index in [0.717, 1.165) is 27.7 Å². The minimum Gasteiger partial charge on any atom is -0.381 e. The van der Waals surface area contributed by atoms with Crippen LogP contribution in [0.1, 0.15) is 45.5 Å². The van der Waals surface area contributed by atoms with Crippen LogP contribution in [-0.2, 0) is 0 Å². The number of para-hydroxylation sites is 1. The van der Waals surface area contributed by atoms with Crippen LogP contribution in [0.3, 0.4) is 0 Å². The van der Waals surface area contributed by atoms with Gasteiger partial charge in [0.05, 0.1) is 5.69 Å². The summed E-state index contributed by atoms with van der Waals surface area (Å²) in [6.45, 7) is 2.79. The maximum absolute atomic E-state index is 12.6. The summed E-state index contributed by atoms with van der Waals surface area (Å²) in [6.07, 6.45) is 0.869. The van der Waals surface area contributed by atoms with Gasteiger partial charge >= 0.3 is 0 Å². The molecule has 0 aliphatic carbocycles. The van der Waals surface area contributed by atoms with Crippen LogP contribution in [0.4, 0.5) is 5.69 Å². The normalized spacial score (nSPS) is 16.7. The number of benzene rings is 3. The first-order valence-corrected chi connectivity index (χ1v) is 11.5. The van der Waals surface area contributed by atoms with Crippen molar-refractivity contribution in [2.75, 3.05) is 18.9 Å². The van der Waals surface area contributed by atoms with Crippen LogP contribution in [0, 0.1) is 0 Å². The molecule has 1 heterocycles. The number of hydrogen-bond acceptors (Lipinski definition) is 3. The van der Waals surface area contributed by atoms with Gasteiger partial charge in [0.1, 0.15) is 0 Å². The summed E-state index contributed by atoms with van der Waals surface area (Å²) in [5, 5.41) is 9.23. The van der Waals surface area contributed by atoms with E-state index in [1.807, 2.05) is 48.5 Å². The van der Waals surface area contributed by atoms with Crippen molar-refractivity contribution in [3.05, 3.63) is 87.9 Å². The van der Waals surface area contributed by atoms with Crippen LogP contribution in [-0.4, -0.2) is 31.4 Å². The monoisotopic (exact) mass is 491 g/mol. The van der Waals surface area contributed by atoms with Crippen molar-refractivity contribution in [1.82, 2.24) is 10.6 Å². The molecule has 0 fully saturated rings. The van der Waals surface area contributed by atoms with Crippen LogP contribution in [0.25, 0.3) is 11.1 Å². The molecule has 3 N–H and O–H groups in total. The van der Waals surface area contributed by atoms with Gasteiger partial charge in [-0.05, 0) is 76.3 Å². The van der Waals surface area contributed by atoms with Crippen molar-refractivity contribution >= 4 is 33.4 Å². The highest BCUT2D eigenvalue weighted by molar-refractivity contribution is 9.10. The van der Waals surface area contributed by atoms with Crippen LogP contribution >= 0.6 is 15.9 Å². The van der Waals surface area contributed by atoms with E-state index in [9.17, 15) is 9.59 Å². The third-order valence-electron chi connectivity index (χ3n) is 5.99. The molecule has 0 radical (unpaired) electrons. The SMILES string of the molecule is CNC(=O)c1cccc(-c2ccc(C(=O)NCCC3c4cccc(Br)c4NC3C)cc2)c1. The second kappa shape index (κ2) is 9.57. The molecule has 3 aromatic rings. The van der Waals surface area contributed by atoms with E-state index in [-0.39, 0.29) is 11.8 Å². The standard InChI is InChI=1S/C26H26BrN3O2/c1-16-21(22-7-4-8-23(27)24(22)30-16)13-14-29-26(32)18-11-9-17(10-12-18)19-5-3-6-20(15-19)25(31)28-2/h3-12,15-16,21,30H,13-14H2,1-2H3,(H,28,31)(H,29,32). The maximum atomic E-state index is 12.6. The third-order valence-corrected chi connectivity index (χ3v) is 6.65. The summed E-state index contributed by atoms with van der Waals surface area (Å²) >= 11 is 3.61. The smallest absolute Gasteiger partial charge is 0.251 e. The molecular formula is C26H26BrN3O2.